The van der Waals surface area contributed by atoms with E-state index >= 15 is 0 Å². The van der Waals surface area contributed by atoms with Crippen LogP contribution < -0.4 is 10.6 Å². The summed E-state index contributed by atoms with van der Waals surface area (Å²) in [5.74, 6) is -0.647. The fraction of sp³-hybridized carbons (Fsp3) is 0.474. The summed E-state index contributed by atoms with van der Waals surface area (Å²) in [6.07, 6.45) is 9.14. The summed E-state index contributed by atoms with van der Waals surface area (Å²) in [5.41, 5.74) is 0.517. The van der Waals surface area contributed by atoms with Crippen molar-refractivity contribution in [3.8, 4) is 0 Å². The molecule has 0 aromatic heterocycles. The zero-order chi connectivity index (χ0) is 19.3. The fourth-order valence-corrected chi connectivity index (χ4v) is 2.80. The molecular weight excluding hydrogens is 334 g/mol. The number of amides is 4. The van der Waals surface area contributed by atoms with Crippen molar-refractivity contribution in [3.63, 3.8) is 0 Å². The SMILES string of the molecule is CC(C)(C)C(CN1C(=O)C2=C(C/C=C\CC=C2)C1=O)NC(=O)NCC=O. The molecule has 0 saturated heterocycles. The largest absolute Gasteiger partial charge is 0.333 e. The molecular formula is C19H25N3O4. The number of allylic oxidation sites excluding steroid dienone is 3. The minimum Gasteiger partial charge on any atom is -0.333 e. The minimum atomic E-state index is -0.509. The Morgan fingerprint density at radius 3 is 2.62 bits per heavy atom. The number of rotatable bonds is 5. The number of carbonyl (C=O) groups excluding carboxylic acids is 4. The van der Waals surface area contributed by atoms with Crippen LogP contribution in [0.2, 0.25) is 0 Å². The molecule has 1 unspecified atom stereocenters. The number of urea groups is 1. The van der Waals surface area contributed by atoms with Gasteiger partial charge in [-0.05, 0) is 18.3 Å². The smallest absolute Gasteiger partial charge is 0.315 e. The number of hydrogen-bond donors (Lipinski definition) is 2. The Hall–Kier alpha value is -2.70. The molecule has 4 amide bonds. The second kappa shape index (κ2) is 8.12. The second-order valence-corrected chi connectivity index (χ2v) is 7.37. The highest BCUT2D eigenvalue weighted by atomic mass is 16.2. The molecule has 1 aliphatic heterocycles. The van der Waals surface area contributed by atoms with Gasteiger partial charge >= 0.3 is 6.03 Å². The topological polar surface area (TPSA) is 95.6 Å². The fourth-order valence-electron chi connectivity index (χ4n) is 2.80. The van der Waals surface area contributed by atoms with Crippen molar-refractivity contribution in [2.45, 2.75) is 39.7 Å². The Labute approximate surface area is 153 Å². The highest BCUT2D eigenvalue weighted by Crippen LogP contribution is 2.29. The molecule has 2 rings (SSSR count). The van der Waals surface area contributed by atoms with Crippen molar-refractivity contribution >= 4 is 24.1 Å². The maximum absolute atomic E-state index is 12.7. The van der Waals surface area contributed by atoms with Gasteiger partial charge < -0.3 is 15.4 Å². The van der Waals surface area contributed by atoms with Crippen LogP contribution in [-0.2, 0) is 14.4 Å². The number of nitrogens with one attached hydrogen (secondary N) is 2. The van der Waals surface area contributed by atoms with E-state index in [0.717, 1.165) is 6.42 Å². The predicted octanol–water partition coefficient (Wildman–Crippen LogP) is 1.47. The van der Waals surface area contributed by atoms with E-state index in [4.69, 9.17) is 0 Å². The quantitative estimate of drug-likeness (QED) is 0.441. The van der Waals surface area contributed by atoms with Crippen molar-refractivity contribution in [1.29, 1.82) is 0 Å². The van der Waals surface area contributed by atoms with Crippen molar-refractivity contribution in [3.05, 3.63) is 35.5 Å². The normalized spacial score (nSPS) is 19.6. The van der Waals surface area contributed by atoms with Gasteiger partial charge in [0, 0.05) is 11.1 Å². The van der Waals surface area contributed by atoms with E-state index in [-0.39, 0.29) is 24.9 Å². The third-order valence-electron chi connectivity index (χ3n) is 4.41. The minimum absolute atomic E-state index is 0.0697. The van der Waals surface area contributed by atoms with Gasteiger partial charge in [-0.1, -0.05) is 45.1 Å². The first-order valence-corrected chi connectivity index (χ1v) is 8.64. The molecule has 0 fully saturated rings. The van der Waals surface area contributed by atoms with Crippen LogP contribution in [0.5, 0.6) is 0 Å². The molecule has 0 aromatic carbocycles. The highest BCUT2D eigenvalue weighted by molar-refractivity contribution is 6.20. The molecule has 0 bridgehead atoms. The van der Waals surface area contributed by atoms with E-state index in [1.54, 1.807) is 6.08 Å². The average Bonchev–Trinajstić information content (AvgIpc) is 2.74. The lowest BCUT2D eigenvalue weighted by Crippen LogP contribution is -2.54. The summed E-state index contributed by atoms with van der Waals surface area (Å²) in [7, 11) is 0. The molecule has 2 aliphatic rings. The second-order valence-electron chi connectivity index (χ2n) is 7.37. The van der Waals surface area contributed by atoms with Crippen molar-refractivity contribution in [1.82, 2.24) is 15.5 Å². The third-order valence-corrected chi connectivity index (χ3v) is 4.41. The van der Waals surface area contributed by atoms with Gasteiger partial charge in [0.1, 0.15) is 6.29 Å². The monoisotopic (exact) mass is 359 g/mol. The van der Waals surface area contributed by atoms with Crippen LogP contribution in [0.25, 0.3) is 0 Å². The van der Waals surface area contributed by atoms with E-state index in [9.17, 15) is 19.2 Å². The van der Waals surface area contributed by atoms with Crippen LogP contribution in [0.3, 0.4) is 0 Å². The summed E-state index contributed by atoms with van der Waals surface area (Å²) in [4.78, 5) is 49.0. The van der Waals surface area contributed by atoms with Crippen LogP contribution in [0.4, 0.5) is 4.79 Å². The van der Waals surface area contributed by atoms with E-state index in [1.807, 2.05) is 39.0 Å². The highest BCUT2D eigenvalue weighted by Gasteiger charge is 2.40. The predicted molar refractivity (Wildman–Crippen MR) is 97.1 cm³/mol. The Morgan fingerprint density at radius 1 is 1.23 bits per heavy atom. The van der Waals surface area contributed by atoms with Gasteiger partial charge in [-0.25, -0.2) is 4.79 Å². The third kappa shape index (κ3) is 4.47. The Kier molecular flexibility index (Phi) is 6.13. The first-order chi connectivity index (χ1) is 12.3. The lowest BCUT2D eigenvalue weighted by Gasteiger charge is -2.34. The van der Waals surface area contributed by atoms with Gasteiger partial charge in [-0.3, -0.25) is 14.5 Å². The number of hydrogen-bond acceptors (Lipinski definition) is 4. The summed E-state index contributed by atoms with van der Waals surface area (Å²) < 4.78 is 0. The number of carbonyl (C=O) groups is 4. The maximum atomic E-state index is 12.7. The number of imide groups is 1. The zero-order valence-corrected chi connectivity index (χ0v) is 15.4. The van der Waals surface area contributed by atoms with Gasteiger partial charge in [-0.15, -0.1) is 0 Å². The van der Waals surface area contributed by atoms with E-state index in [1.165, 1.54) is 4.90 Å². The van der Waals surface area contributed by atoms with Crippen molar-refractivity contribution < 1.29 is 19.2 Å². The van der Waals surface area contributed by atoms with Crippen LogP contribution in [0.1, 0.15) is 33.6 Å². The molecule has 7 nitrogen and oxygen atoms in total. The van der Waals surface area contributed by atoms with Crippen LogP contribution in [-0.4, -0.2) is 48.2 Å². The summed E-state index contributed by atoms with van der Waals surface area (Å²) in [5, 5.41) is 5.17. The molecule has 2 N–H and O–H groups in total. The van der Waals surface area contributed by atoms with Crippen molar-refractivity contribution in [2.24, 2.45) is 5.41 Å². The molecule has 140 valence electrons. The zero-order valence-electron chi connectivity index (χ0n) is 15.4. The first-order valence-electron chi connectivity index (χ1n) is 8.64. The van der Waals surface area contributed by atoms with E-state index in [0.29, 0.717) is 23.9 Å². The maximum Gasteiger partial charge on any atom is 0.315 e. The van der Waals surface area contributed by atoms with Crippen molar-refractivity contribution in [2.75, 3.05) is 13.1 Å². The van der Waals surface area contributed by atoms with Gasteiger partial charge in [0.05, 0.1) is 19.1 Å². The number of aldehydes is 1. The standard InChI is InChI=1S/C19H25N3O4/c1-19(2,3)15(21-18(26)20-10-11-23)12-22-16(24)13-8-6-4-5-7-9-14(13)17(22)25/h4,6-7,9,11,15H,5,8,10,12H2,1-3H3,(H2,20,21,26)/b6-4-,9-7?. The van der Waals surface area contributed by atoms with Gasteiger partial charge in [0.25, 0.3) is 11.8 Å². The molecule has 26 heavy (non-hydrogen) atoms. The van der Waals surface area contributed by atoms with E-state index < -0.39 is 17.5 Å². The van der Waals surface area contributed by atoms with Gasteiger partial charge in [0.2, 0.25) is 0 Å². The van der Waals surface area contributed by atoms with Crippen LogP contribution in [0.15, 0.2) is 35.5 Å². The lowest BCUT2D eigenvalue weighted by molar-refractivity contribution is -0.138. The Balaban J connectivity index is 2.17. The van der Waals surface area contributed by atoms with Crippen LogP contribution in [0, 0.1) is 5.41 Å². The molecule has 0 spiro atoms. The number of nitrogens with zero attached hydrogens (tertiary/aromatic N) is 1. The summed E-state index contributed by atoms with van der Waals surface area (Å²) in [6.45, 7) is 5.70. The summed E-state index contributed by atoms with van der Waals surface area (Å²) in [6, 6.07) is -0.974. The Bertz CT molecular complexity index is 698. The van der Waals surface area contributed by atoms with Crippen LogP contribution >= 0.6 is 0 Å². The lowest BCUT2D eigenvalue weighted by atomic mass is 9.86. The first kappa shape index (κ1) is 19.6. The average molecular weight is 359 g/mol. The molecule has 1 heterocycles. The molecule has 0 aromatic rings. The molecule has 0 radical (unpaired) electrons. The van der Waals surface area contributed by atoms with Gasteiger partial charge in [0.15, 0.2) is 0 Å². The molecule has 1 atom stereocenters. The molecule has 7 heteroatoms. The summed E-state index contributed by atoms with van der Waals surface area (Å²) >= 11 is 0. The Morgan fingerprint density at radius 2 is 1.96 bits per heavy atom. The molecule has 0 saturated carbocycles. The van der Waals surface area contributed by atoms with E-state index in [2.05, 4.69) is 10.6 Å². The molecule has 1 aliphatic carbocycles. The van der Waals surface area contributed by atoms with Gasteiger partial charge in [-0.2, -0.15) is 0 Å².